The Kier molecular flexibility index (Phi) is 18.9. The molecule has 1 aliphatic carbocycles. The first-order valence-corrected chi connectivity index (χ1v) is 13.6. The fourth-order valence-electron chi connectivity index (χ4n) is 3.50. The van der Waals surface area contributed by atoms with E-state index in [1.807, 2.05) is 13.0 Å². The van der Waals surface area contributed by atoms with Gasteiger partial charge in [0.1, 0.15) is 17.7 Å². The van der Waals surface area contributed by atoms with E-state index in [0.29, 0.717) is 29.7 Å². The maximum Gasteiger partial charge on any atom is 0.297 e. The highest BCUT2D eigenvalue weighted by Crippen LogP contribution is 2.45. The molecule has 2 aromatic rings. The van der Waals surface area contributed by atoms with Crippen molar-refractivity contribution >= 4 is 18.4 Å². The first-order valence-electron chi connectivity index (χ1n) is 12.7. The molecular formula is C28H41F4N5O2S. The first kappa shape index (κ1) is 37.3. The lowest BCUT2D eigenvalue weighted by Crippen LogP contribution is -2.37. The predicted octanol–water partition coefficient (Wildman–Crippen LogP) is 5.09. The number of rotatable bonds is 8. The number of alkyl halides is 2. The maximum absolute atomic E-state index is 14.9. The van der Waals surface area contributed by atoms with Crippen LogP contribution in [0.5, 0.6) is 0 Å². The van der Waals surface area contributed by atoms with E-state index in [9.17, 15) is 22.4 Å². The molecule has 1 saturated carbocycles. The zero-order valence-corrected chi connectivity index (χ0v) is 24.3. The quantitative estimate of drug-likeness (QED) is 0.223. The Hall–Kier alpha value is -2.69. The molecule has 12 heteroatoms. The van der Waals surface area contributed by atoms with Crippen molar-refractivity contribution in [3.05, 3.63) is 59.7 Å². The van der Waals surface area contributed by atoms with Gasteiger partial charge in [0.05, 0.1) is 12.7 Å². The molecule has 2 unspecified atom stereocenters. The summed E-state index contributed by atoms with van der Waals surface area (Å²) in [5.41, 5.74) is 10.7. The van der Waals surface area contributed by atoms with Crippen LogP contribution in [0.15, 0.2) is 42.5 Å². The number of nitrogens with two attached hydrogens (primary N) is 3. The van der Waals surface area contributed by atoms with Crippen molar-refractivity contribution in [1.82, 2.24) is 4.90 Å². The lowest BCUT2D eigenvalue weighted by atomic mass is 9.98. The summed E-state index contributed by atoms with van der Waals surface area (Å²) in [5.74, 6) is -3.15. The van der Waals surface area contributed by atoms with Gasteiger partial charge in [-0.05, 0) is 80.9 Å². The van der Waals surface area contributed by atoms with E-state index < -0.39 is 5.76 Å². The van der Waals surface area contributed by atoms with E-state index in [2.05, 4.69) is 23.5 Å². The molecule has 1 amide bonds. The summed E-state index contributed by atoms with van der Waals surface area (Å²) in [4.78, 5) is 13.2. The summed E-state index contributed by atoms with van der Waals surface area (Å²) in [6.07, 6.45) is 4.41. The maximum atomic E-state index is 14.9. The van der Waals surface area contributed by atoms with Gasteiger partial charge in [0.25, 0.3) is 5.76 Å². The van der Waals surface area contributed by atoms with Crippen LogP contribution >= 0.6 is 11.9 Å². The molecule has 2 aromatic carbocycles. The number of nitrogens with zero attached hydrogens (tertiary/aromatic N) is 2. The normalized spacial score (nSPS) is 16.3. The van der Waals surface area contributed by atoms with E-state index >= 15 is 0 Å². The molecule has 2 aliphatic rings. The Bertz CT molecular complexity index is 1030. The molecular weight excluding hydrogens is 546 g/mol. The van der Waals surface area contributed by atoms with Crippen LogP contribution in [0, 0.1) is 28.4 Å². The van der Waals surface area contributed by atoms with Crippen LogP contribution in [0.2, 0.25) is 0 Å². The fourth-order valence-corrected chi connectivity index (χ4v) is 3.50. The minimum atomic E-state index is -2.42. The van der Waals surface area contributed by atoms with Crippen LogP contribution in [0.1, 0.15) is 38.7 Å². The van der Waals surface area contributed by atoms with Gasteiger partial charge in [-0.3, -0.25) is 9.93 Å². The number of hydrogen-bond donors (Lipinski definition) is 3. The topological polar surface area (TPSA) is 131 Å². The van der Waals surface area contributed by atoms with Gasteiger partial charge in [-0.2, -0.15) is 14.0 Å². The summed E-state index contributed by atoms with van der Waals surface area (Å²) >= 11 is 0.0463. The lowest BCUT2D eigenvalue weighted by Gasteiger charge is -2.28. The minimum absolute atomic E-state index is 0.0463. The number of amides is 1. The van der Waals surface area contributed by atoms with Gasteiger partial charge >= 0.3 is 0 Å². The van der Waals surface area contributed by atoms with E-state index in [-0.39, 0.29) is 41.1 Å². The SMILES string of the molecule is CC(Cc1cccc(-c2cccc(F)c2)c1F)N(C=O)CC1(C)CC1.CN.CN.N#CC1CCO1.NSC(F)F. The Labute approximate surface area is 239 Å². The van der Waals surface area contributed by atoms with Crippen molar-refractivity contribution < 1.29 is 27.1 Å². The molecule has 4 rings (SSSR count). The van der Waals surface area contributed by atoms with Gasteiger partial charge < -0.3 is 21.1 Å². The van der Waals surface area contributed by atoms with Crippen LogP contribution in [-0.2, 0) is 16.0 Å². The highest BCUT2D eigenvalue weighted by molar-refractivity contribution is 7.97. The van der Waals surface area contributed by atoms with E-state index in [4.69, 9.17) is 10.00 Å². The molecule has 0 aromatic heterocycles. The lowest BCUT2D eigenvalue weighted by molar-refractivity contribution is -0.120. The molecule has 2 fully saturated rings. The monoisotopic (exact) mass is 587 g/mol. The minimum Gasteiger partial charge on any atom is -0.363 e. The van der Waals surface area contributed by atoms with Crippen molar-refractivity contribution in [2.24, 2.45) is 22.0 Å². The van der Waals surface area contributed by atoms with Crippen LogP contribution in [-0.4, -0.2) is 56.5 Å². The average Bonchev–Trinajstić information content (AvgIpc) is 3.67. The molecule has 40 heavy (non-hydrogen) atoms. The van der Waals surface area contributed by atoms with Gasteiger partial charge in [0.2, 0.25) is 6.41 Å². The van der Waals surface area contributed by atoms with Gasteiger partial charge in [-0.25, -0.2) is 8.78 Å². The third-order valence-corrected chi connectivity index (χ3v) is 6.25. The number of halogens is 4. The Balaban J connectivity index is 0.000000836. The zero-order valence-electron chi connectivity index (χ0n) is 23.5. The summed E-state index contributed by atoms with van der Waals surface area (Å²) in [6, 6.07) is 13.0. The van der Waals surface area contributed by atoms with Crippen molar-refractivity contribution in [2.75, 3.05) is 27.2 Å². The van der Waals surface area contributed by atoms with E-state index in [1.54, 1.807) is 35.2 Å². The smallest absolute Gasteiger partial charge is 0.297 e. The number of ether oxygens (including phenoxy) is 1. The second-order valence-electron chi connectivity index (χ2n) is 9.10. The molecule has 0 spiro atoms. The zero-order chi connectivity index (χ0) is 30.7. The Morgan fingerprint density at radius 2 is 1.75 bits per heavy atom. The number of carbonyl (C=O) groups is 1. The highest BCUT2D eigenvalue weighted by atomic mass is 32.2. The average molecular weight is 588 g/mol. The van der Waals surface area contributed by atoms with Crippen molar-refractivity contribution in [3.63, 3.8) is 0 Å². The van der Waals surface area contributed by atoms with Gasteiger partial charge in [0, 0.05) is 24.6 Å². The number of benzene rings is 2. The fraction of sp³-hybridized carbons (Fsp3) is 0.500. The van der Waals surface area contributed by atoms with Crippen molar-refractivity contribution in [2.45, 2.75) is 57.4 Å². The number of hydrogen-bond acceptors (Lipinski definition) is 7. The van der Waals surface area contributed by atoms with Gasteiger partial charge in [-0.1, -0.05) is 37.3 Å². The van der Waals surface area contributed by atoms with Crippen LogP contribution in [0.4, 0.5) is 17.6 Å². The molecule has 1 heterocycles. The van der Waals surface area contributed by atoms with Crippen molar-refractivity contribution in [3.8, 4) is 17.2 Å². The van der Waals surface area contributed by atoms with E-state index in [0.717, 1.165) is 32.3 Å². The highest BCUT2D eigenvalue weighted by Gasteiger charge is 2.39. The second kappa shape index (κ2) is 20.2. The summed E-state index contributed by atoms with van der Waals surface area (Å²) in [7, 11) is 3.00. The molecule has 1 aliphatic heterocycles. The molecule has 2 atom stereocenters. The second-order valence-corrected chi connectivity index (χ2v) is 9.73. The molecule has 7 nitrogen and oxygen atoms in total. The summed E-state index contributed by atoms with van der Waals surface area (Å²) < 4.78 is 54.3. The summed E-state index contributed by atoms with van der Waals surface area (Å²) in [6.45, 7) is 5.59. The Morgan fingerprint density at radius 1 is 1.18 bits per heavy atom. The standard InChI is InChI=1S/C21H23F2NO.C4H5NO.CH3F2NS.2CH5N/c1-15(24(14-25)13-21(2)9-10-21)11-17-6-4-8-19(20(17)23)16-5-3-7-18(22)12-16;5-3-4-1-2-6-4;2-1(3)5-4;2*1-2/h3-8,12,14-15H,9-11,13H2,1-2H3;4H,1-2H2;1H,4H2;2*2H2,1H3. The third kappa shape index (κ3) is 13.6. The molecule has 6 N–H and O–H groups in total. The first-order chi connectivity index (χ1) is 19.1. The number of carbonyl (C=O) groups excluding carboxylic acids is 1. The van der Waals surface area contributed by atoms with Crippen LogP contribution in [0.25, 0.3) is 11.1 Å². The van der Waals surface area contributed by atoms with Crippen LogP contribution in [0.3, 0.4) is 0 Å². The summed E-state index contributed by atoms with van der Waals surface area (Å²) in [5, 5.41) is 12.3. The molecule has 1 saturated heterocycles. The molecule has 224 valence electrons. The van der Waals surface area contributed by atoms with Crippen molar-refractivity contribution in [1.29, 1.82) is 5.26 Å². The Morgan fingerprint density at radius 3 is 2.15 bits per heavy atom. The molecule has 0 radical (unpaired) electrons. The largest absolute Gasteiger partial charge is 0.363 e. The molecule has 0 bridgehead atoms. The predicted molar refractivity (Wildman–Crippen MR) is 153 cm³/mol. The van der Waals surface area contributed by atoms with Crippen LogP contribution < -0.4 is 16.6 Å². The van der Waals surface area contributed by atoms with Gasteiger partial charge in [0.15, 0.2) is 0 Å². The van der Waals surface area contributed by atoms with E-state index in [1.165, 1.54) is 26.2 Å². The van der Waals surface area contributed by atoms with Gasteiger partial charge in [-0.15, -0.1) is 0 Å². The number of nitriles is 1. The third-order valence-electron chi connectivity index (χ3n) is 6.04.